The van der Waals surface area contributed by atoms with Crippen molar-refractivity contribution in [3.8, 4) is 0 Å². The van der Waals surface area contributed by atoms with Crippen LogP contribution in [0.4, 0.5) is 18.8 Å². The highest BCUT2D eigenvalue weighted by Crippen LogP contribution is 2.44. The summed E-state index contributed by atoms with van der Waals surface area (Å²) in [6.45, 7) is 36.6. The first-order valence-electron chi connectivity index (χ1n) is 28.1. The number of hydrogen-bond donors (Lipinski definition) is 2. The molecule has 4 aliphatic rings. The van der Waals surface area contributed by atoms with Gasteiger partial charge >= 0.3 is 5.97 Å². The van der Waals surface area contributed by atoms with E-state index in [1.807, 2.05) is 68.4 Å². The molecule has 4 aliphatic heterocycles. The molecule has 13 nitrogen and oxygen atoms in total. The number of likely N-dealkylation sites (tertiary alicyclic amines) is 2. The van der Waals surface area contributed by atoms with Gasteiger partial charge in [-0.15, -0.1) is 72.3 Å². The number of piperazine rings is 2. The quantitative estimate of drug-likeness (QED) is 0.142. The lowest BCUT2D eigenvalue weighted by Gasteiger charge is -2.39. The third-order valence-corrected chi connectivity index (χ3v) is 19.3. The molecule has 8 rings (SSSR count). The van der Waals surface area contributed by atoms with Crippen molar-refractivity contribution in [1.29, 1.82) is 0 Å². The minimum Gasteiger partial charge on any atom is -0.481 e. The summed E-state index contributed by atoms with van der Waals surface area (Å²) < 4.78 is 30.6. The van der Waals surface area contributed by atoms with E-state index in [0.29, 0.717) is 77.9 Å². The van der Waals surface area contributed by atoms with Gasteiger partial charge in [-0.2, -0.15) is 0 Å². The van der Waals surface area contributed by atoms with Gasteiger partial charge in [-0.3, -0.25) is 29.0 Å². The number of carboxylic acids is 1. The van der Waals surface area contributed by atoms with Crippen molar-refractivity contribution in [2.24, 2.45) is 11.8 Å². The van der Waals surface area contributed by atoms with Crippen LogP contribution in [0.1, 0.15) is 143 Å². The predicted octanol–water partition coefficient (Wildman–Crippen LogP) is 14.9. The summed E-state index contributed by atoms with van der Waals surface area (Å²) in [7, 11) is 0. The van der Waals surface area contributed by atoms with Gasteiger partial charge in [-0.1, -0.05) is 58.5 Å². The number of carbonyl (C=O) groups excluding carboxylic acids is 3. The minimum absolute atomic E-state index is 0. The van der Waals surface area contributed by atoms with Crippen molar-refractivity contribution in [3.05, 3.63) is 101 Å². The van der Waals surface area contributed by atoms with Crippen molar-refractivity contribution in [2.45, 2.75) is 144 Å². The van der Waals surface area contributed by atoms with Crippen LogP contribution in [0.15, 0.2) is 48.5 Å². The molecule has 0 saturated carbocycles. The van der Waals surface area contributed by atoms with Gasteiger partial charge in [0.2, 0.25) is 17.7 Å². The Morgan fingerprint density at radius 2 is 0.941 bits per heavy atom. The molecule has 3 unspecified atom stereocenters. The molecule has 3 amide bonds. The number of carboxylic acid groups (broad SMARTS) is 1. The zero-order chi connectivity index (χ0) is 60.2. The third kappa shape index (κ3) is 19.7. The zero-order valence-electron chi connectivity index (χ0n) is 51.2. The number of anilines is 2. The molecule has 2 aromatic carbocycles. The highest BCUT2D eigenvalue weighted by Gasteiger charge is 2.46. The SMILES string of the molecule is CC(=O)N(C(C)C)C(C)c1cc(Cl)sc1N1CCN(C(=O)[C@@H]2CN(C(C)(C)C)C[C@H]2c2ccc(Cl)cc2F)CC1.CC(=O)N(C(C)C)C(C)c1cc(Cl)sc1N1CCNCC1.CC(C)(C)N1CC(C(=O)O)[C@H](c2ccc(Cl)cc2F)C1.Cl.Cl.Cl.Cl. The van der Waals surface area contributed by atoms with E-state index in [9.17, 15) is 28.7 Å². The molecule has 0 bridgehead atoms. The van der Waals surface area contributed by atoms with Crippen molar-refractivity contribution in [3.63, 3.8) is 0 Å². The molecule has 85 heavy (non-hydrogen) atoms. The van der Waals surface area contributed by atoms with Crippen LogP contribution >= 0.6 is 119 Å². The maximum Gasteiger partial charge on any atom is 0.308 e. The maximum absolute atomic E-state index is 15.0. The molecule has 4 aromatic rings. The second-order valence-electron chi connectivity index (χ2n) is 24.3. The normalized spacial score (nSPS) is 19.9. The molecular formula is C60H88Cl8F2N8O5S2. The summed E-state index contributed by atoms with van der Waals surface area (Å²) in [4.78, 5) is 64.5. The number of halogens is 10. The fraction of sp³-hybridized carbons (Fsp3) is 0.600. The van der Waals surface area contributed by atoms with Crippen LogP contribution < -0.4 is 15.1 Å². The standard InChI is InChI=1S/C30H41Cl2FN4O2S.C15H19ClFNO2.C15H24ClN3OS.4ClH/c1-18(2)37(20(4)38)19(3)23-15-27(32)40-29(23)35-12-10-34(11-13-35)28(39)25-17-36(30(5,6)7)16-24(25)22-9-8-21(31)14-26(22)33;1-15(2,3)18-7-11(12(8-18)14(19)20)10-5-4-9(16)6-13(10)17;1-10(2)19(12(4)20)11(3)13-9-14(16)21-15(13)18-7-5-17-6-8-18;;;;/h8-9,14-15,18-19,24-25H,10-13,16-17H2,1-7H3;4-6,11-12H,7-8H2,1-3H3,(H,19,20);9-11,17H,5-8H2,1-4H3;4*1H/t19?,24-,25+;11-,12?;;;;;/m00...../s1. The second-order valence-corrected chi connectivity index (χ2v) is 28.5. The molecule has 0 radical (unpaired) electrons. The number of nitrogens with one attached hydrogen (secondary N) is 1. The fourth-order valence-electron chi connectivity index (χ4n) is 12.0. The topological polar surface area (TPSA) is 123 Å². The summed E-state index contributed by atoms with van der Waals surface area (Å²) in [5, 5.41) is 15.7. The van der Waals surface area contributed by atoms with Gasteiger partial charge in [0.1, 0.15) is 11.6 Å². The Bertz CT molecular complexity index is 2840. The van der Waals surface area contributed by atoms with Gasteiger partial charge in [0.15, 0.2) is 0 Å². The molecule has 6 atom stereocenters. The molecule has 4 saturated heterocycles. The van der Waals surface area contributed by atoms with E-state index in [0.717, 1.165) is 46.6 Å². The molecule has 2 N–H and O–H groups in total. The van der Waals surface area contributed by atoms with Gasteiger partial charge in [0.25, 0.3) is 0 Å². The van der Waals surface area contributed by atoms with Crippen molar-refractivity contribution >= 4 is 152 Å². The number of rotatable bonds is 12. The number of carbonyl (C=O) groups is 4. The van der Waals surface area contributed by atoms with E-state index in [2.05, 4.69) is 66.5 Å². The van der Waals surface area contributed by atoms with Crippen LogP contribution in [0.2, 0.25) is 18.7 Å². The average Bonchev–Trinajstić information content (AvgIpc) is 4.41. The number of amides is 3. The van der Waals surface area contributed by atoms with Crippen LogP contribution in [0.5, 0.6) is 0 Å². The van der Waals surface area contributed by atoms with Gasteiger partial charge in [0, 0.05) is 149 Å². The zero-order valence-corrected chi connectivity index (χ0v) is 59.1. The summed E-state index contributed by atoms with van der Waals surface area (Å²) in [6.07, 6.45) is 0. The Hall–Kier alpha value is -2.62. The van der Waals surface area contributed by atoms with Crippen molar-refractivity contribution in [2.75, 3.05) is 88.3 Å². The number of benzene rings is 2. The van der Waals surface area contributed by atoms with Crippen LogP contribution in [0, 0.1) is 23.5 Å². The van der Waals surface area contributed by atoms with Crippen LogP contribution in [-0.4, -0.2) is 155 Å². The predicted molar refractivity (Wildman–Crippen MR) is 359 cm³/mol. The molecule has 0 aliphatic carbocycles. The largest absolute Gasteiger partial charge is 0.481 e. The summed E-state index contributed by atoms with van der Waals surface area (Å²) in [6, 6.07) is 13.4. The lowest BCUT2D eigenvalue weighted by atomic mass is 9.87. The molecular weight excluding hydrogens is 1300 g/mol. The van der Waals surface area contributed by atoms with Crippen LogP contribution in [0.3, 0.4) is 0 Å². The van der Waals surface area contributed by atoms with Gasteiger partial charge in [-0.05, 0) is 131 Å². The van der Waals surface area contributed by atoms with Crippen molar-refractivity contribution < 1.29 is 33.1 Å². The smallest absolute Gasteiger partial charge is 0.308 e. The lowest BCUT2D eigenvalue weighted by Crippen LogP contribution is -2.51. The number of hydrogen-bond acceptors (Lipinski definition) is 11. The summed E-state index contributed by atoms with van der Waals surface area (Å²) in [5.41, 5.74) is 2.92. The molecule has 480 valence electrons. The van der Waals surface area contributed by atoms with Crippen LogP contribution in [0.25, 0.3) is 0 Å². The maximum atomic E-state index is 15.0. The Kier molecular flexibility index (Phi) is 30.9. The highest BCUT2D eigenvalue weighted by molar-refractivity contribution is 7.20. The van der Waals surface area contributed by atoms with E-state index in [4.69, 9.17) is 46.4 Å². The average molecular weight is 1390 g/mol. The Labute approximate surface area is 556 Å². The number of thiophene rings is 2. The molecule has 2 aromatic heterocycles. The Morgan fingerprint density at radius 3 is 1.28 bits per heavy atom. The third-order valence-electron chi connectivity index (χ3n) is 16.2. The summed E-state index contributed by atoms with van der Waals surface area (Å²) in [5.74, 6) is -2.96. The number of aliphatic carboxylic acids is 1. The second kappa shape index (κ2) is 33.4. The molecule has 25 heteroatoms. The van der Waals surface area contributed by atoms with E-state index >= 15 is 4.39 Å². The van der Waals surface area contributed by atoms with Gasteiger partial charge in [-0.25, -0.2) is 8.78 Å². The first kappa shape index (κ1) is 78.5. The fourth-order valence-corrected chi connectivity index (χ4v) is 15.0. The minimum atomic E-state index is -0.879. The first-order valence-corrected chi connectivity index (χ1v) is 31.2. The van der Waals surface area contributed by atoms with E-state index in [1.54, 1.807) is 49.4 Å². The number of nitrogens with zero attached hydrogens (tertiary/aromatic N) is 7. The van der Waals surface area contributed by atoms with Crippen LogP contribution in [-0.2, 0) is 19.2 Å². The van der Waals surface area contributed by atoms with Gasteiger partial charge in [0.05, 0.1) is 42.6 Å². The Morgan fingerprint density at radius 1 is 0.576 bits per heavy atom. The lowest BCUT2D eigenvalue weighted by molar-refractivity contribution is -0.142. The monoisotopic (exact) mass is 1380 g/mol. The summed E-state index contributed by atoms with van der Waals surface area (Å²) >= 11 is 27.7. The van der Waals surface area contributed by atoms with E-state index < -0.39 is 17.7 Å². The van der Waals surface area contributed by atoms with Crippen molar-refractivity contribution in [1.82, 2.24) is 29.8 Å². The molecule has 4 fully saturated rings. The Balaban J connectivity index is 0.000000465. The van der Waals surface area contributed by atoms with E-state index in [-0.39, 0.29) is 126 Å². The first-order chi connectivity index (χ1) is 37.8. The molecule has 0 spiro atoms. The van der Waals surface area contributed by atoms with Gasteiger partial charge < -0.3 is 34.9 Å². The highest BCUT2D eigenvalue weighted by atomic mass is 35.5. The molecule has 6 heterocycles. The van der Waals surface area contributed by atoms with E-state index in [1.165, 1.54) is 28.5 Å².